The minimum atomic E-state index is 0. The highest BCUT2D eigenvalue weighted by atomic mass is 127. The minimum Gasteiger partial charge on any atom is -0.302 e. The molecule has 0 aliphatic heterocycles. The fourth-order valence-corrected chi connectivity index (χ4v) is 4.69. The summed E-state index contributed by atoms with van der Waals surface area (Å²) >= 11 is 3.82. The number of fused-ring (bicyclic) bond motifs is 1. The van der Waals surface area contributed by atoms with Gasteiger partial charge in [-0.1, -0.05) is 43.4 Å². The Morgan fingerprint density at radius 3 is 2.50 bits per heavy atom. The third kappa shape index (κ3) is 5.23. The number of benzene rings is 2. The molecular formula is C21H25ClIN3OS. The van der Waals surface area contributed by atoms with E-state index in [1.165, 1.54) is 5.56 Å². The van der Waals surface area contributed by atoms with Gasteiger partial charge in [0.05, 0.1) is 15.8 Å². The topological polar surface area (TPSA) is 36.4 Å². The highest BCUT2D eigenvalue weighted by Gasteiger charge is 2.23. The molecule has 0 bridgehead atoms. The van der Waals surface area contributed by atoms with Gasteiger partial charge in [-0.3, -0.25) is 9.69 Å². The van der Waals surface area contributed by atoms with Crippen LogP contribution in [0.2, 0.25) is 0 Å². The van der Waals surface area contributed by atoms with Gasteiger partial charge in [0.15, 0.2) is 5.13 Å². The molecule has 1 aromatic heterocycles. The van der Waals surface area contributed by atoms with Crippen molar-refractivity contribution in [1.29, 1.82) is 0 Å². The predicted molar refractivity (Wildman–Crippen MR) is 130 cm³/mol. The number of carbonyl (C=O) groups is 1. The van der Waals surface area contributed by atoms with Crippen LogP contribution in [0.4, 0.5) is 5.13 Å². The molecule has 0 N–H and O–H groups in total. The molecule has 0 aliphatic carbocycles. The minimum absolute atomic E-state index is 0. The van der Waals surface area contributed by atoms with E-state index in [0.29, 0.717) is 6.54 Å². The van der Waals surface area contributed by atoms with Crippen molar-refractivity contribution in [3.8, 4) is 0 Å². The number of amides is 1. The number of likely N-dealkylation sites (N-methyl/N-ethyl adjacent to an activating group) is 1. The van der Waals surface area contributed by atoms with Crippen molar-refractivity contribution in [2.75, 3.05) is 31.1 Å². The Bertz CT molecular complexity index is 942. The summed E-state index contributed by atoms with van der Waals surface area (Å²) in [6.07, 6.45) is 0. The highest BCUT2D eigenvalue weighted by molar-refractivity contribution is 14.1. The second-order valence-corrected chi connectivity index (χ2v) is 8.60. The fraction of sp³-hybridized carbons (Fsp3) is 0.333. The molecule has 3 aromatic rings. The summed E-state index contributed by atoms with van der Waals surface area (Å²) in [7, 11) is 0. The summed E-state index contributed by atoms with van der Waals surface area (Å²) in [5.41, 5.74) is 2.88. The zero-order chi connectivity index (χ0) is 19.4. The average molecular weight is 530 g/mol. The lowest BCUT2D eigenvalue weighted by Crippen LogP contribution is -2.39. The van der Waals surface area contributed by atoms with Gasteiger partial charge in [-0.2, -0.15) is 0 Å². The van der Waals surface area contributed by atoms with Crippen LogP contribution in [0.3, 0.4) is 0 Å². The van der Waals surface area contributed by atoms with E-state index in [2.05, 4.69) is 60.4 Å². The van der Waals surface area contributed by atoms with E-state index in [4.69, 9.17) is 4.98 Å². The third-order valence-electron chi connectivity index (χ3n) is 4.65. The Morgan fingerprint density at radius 1 is 1.11 bits per heavy atom. The molecule has 0 unspecified atom stereocenters. The average Bonchev–Trinajstić information content (AvgIpc) is 3.08. The zero-order valence-electron chi connectivity index (χ0n) is 16.3. The number of carbonyl (C=O) groups excluding carboxylic acids is 1. The first kappa shape index (κ1) is 23.1. The molecule has 3 rings (SSSR count). The van der Waals surface area contributed by atoms with E-state index < -0.39 is 0 Å². The smallest absolute Gasteiger partial charge is 0.261 e. The van der Waals surface area contributed by atoms with Crippen LogP contribution in [0.1, 0.15) is 29.8 Å². The van der Waals surface area contributed by atoms with Crippen LogP contribution >= 0.6 is 46.3 Å². The van der Waals surface area contributed by atoms with E-state index in [0.717, 1.165) is 44.1 Å². The molecule has 28 heavy (non-hydrogen) atoms. The lowest BCUT2D eigenvalue weighted by atomic mass is 10.2. The maximum Gasteiger partial charge on any atom is 0.261 e. The van der Waals surface area contributed by atoms with Crippen molar-refractivity contribution in [2.24, 2.45) is 0 Å². The van der Waals surface area contributed by atoms with Crippen molar-refractivity contribution in [2.45, 2.75) is 20.8 Å². The van der Waals surface area contributed by atoms with Gasteiger partial charge in [-0.25, -0.2) is 4.98 Å². The molecular weight excluding hydrogens is 505 g/mol. The molecule has 0 spiro atoms. The molecule has 7 heteroatoms. The molecule has 4 nitrogen and oxygen atoms in total. The molecule has 0 saturated carbocycles. The van der Waals surface area contributed by atoms with Crippen LogP contribution < -0.4 is 4.90 Å². The van der Waals surface area contributed by atoms with E-state index in [1.54, 1.807) is 11.3 Å². The Hall–Kier alpha value is -1.22. The van der Waals surface area contributed by atoms with Gasteiger partial charge >= 0.3 is 0 Å². The summed E-state index contributed by atoms with van der Waals surface area (Å²) < 4.78 is 2.08. The molecule has 0 aliphatic rings. The van der Waals surface area contributed by atoms with Crippen molar-refractivity contribution in [1.82, 2.24) is 9.88 Å². The maximum atomic E-state index is 13.4. The van der Waals surface area contributed by atoms with Crippen molar-refractivity contribution >= 4 is 67.6 Å². The summed E-state index contributed by atoms with van der Waals surface area (Å²) in [6, 6.07) is 14.0. The van der Waals surface area contributed by atoms with Crippen LogP contribution in [0.25, 0.3) is 10.2 Å². The lowest BCUT2D eigenvalue weighted by molar-refractivity contribution is 0.0983. The molecule has 0 radical (unpaired) electrons. The number of rotatable bonds is 7. The summed E-state index contributed by atoms with van der Waals surface area (Å²) in [5.74, 6) is 0.0166. The van der Waals surface area contributed by atoms with Crippen LogP contribution in [-0.4, -0.2) is 42.0 Å². The van der Waals surface area contributed by atoms with Gasteiger partial charge in [0, 0.05) is 16.7 Å². The first-order chi connectivity index (χ1) is 13.0. The van der Waals surface area contributed by atoms with Crippen molar-refractivity contribution in [3.05, 3.63) is 57.2 Å². The molecule has 0 saturated heterocycles. The lowest BCUT2D eigenvalue weighted by Gasteiger charge is -2.25. The number of nitrogens with zero attached hydrogens (tertiary/aromatic N) is 3. The number of aromatic nitrogens is 1. The highest BCUT2D eigenvalue weighted by Crippen LogP contribution is 2.31. The Morgan fingerprint density at radius 2 is 1.82 bits per heavy atom. The number of anilines is 1. The van der Waals surface area contributed by atoms with E-state index in [9.17, 15) is 4.79 Å². The van der Waals surface area contributed by atoms with E-state index >= 15 is 0 Å². The van der Waals surface area contributed by atoms with Crippen LogP contribution in [0, 0.1) is 10.5 Å². The second kappa shape index (κ2) is 10.5. The quantitative estimate of drug-likeness (QED) is 0.373. The summed E-state index contributed by atoms with van der Waals surface area (Å²) in [6.45, 7) is 9.78. The standard InChI is InChI=1S/C21H24IN3OS.ClH/c1-4-24(5-2)12-13-25(20(26)16-8-6-7-9-17(16)22)21-23-18-11-10-15(3)14-19(18)27-21;/h6-11,14H,4-5,12-13H2,1-3H3;1H. The first-order valence-electron chi connectivity index (χ1n) is 9.19. The molecule has 0 fully saturated rings. The normalized spacial score (nSPS) is 10.9. The van der Waals surface area contributed by atoms with Crippen LogP contribution in [0.5, 0.6) is 0 Å². The second-order valence-electron chi connectivity index (χ2n) is 6.43. The van der Waals surface area contributed by atoms with E-state index in [1.807, 2.05) is 35.2 Å². The SMILES string of the molecule is CCN(CC)CCN(C(=O)c1ccccc1I)c1nc2ccc(C)cc2s1.Cl. The monoisotopic (exact) mass is 529 g/mol. The fourth-order valence-electron chi connectivity index (χ4n) is 2.98. The molecule has 2 aromatic carbocycles. The van der Waals surface area contributed by atoms with Crippen LogP contribution in [0.15, 0.2) is 42.5 Å². The van der Waals surface area contributed by atoms with Gasteiger partial charge in [0.2, 0.25) is 0 Å². The third-order valence-corrected chi connectivity index (χ3v) is 6.63. The summed E-state index contributed by atoms with van der Waals surface area (Å²) in [4.78, 5) is 22.3. The van der Waals surface area contributed by atoms with Crippen LogP contribution in [-0.2, 0) is 0 Å². The predicted octanol–water partition coefficient (Wildman–Crippen LogP) is 5.62. The Kier molecular flexibility index (Phi) is 8.67. The number of hydrogen-bond acceptors (Lipinski definition) is 4. The molecule has 150 valence electrons. The van der Waals surface area contributed by atoms with Crippen molar-refractivity contribution in [3.63, 3.8) is 0 Å². The van der Waals surface area contributed by atoms with Gasteiger partial charge in [0.1, 0.15) is 0 Å². The molecule has 0 atom stereocenters. The Labute approximate surface area is 190 Å². The van der Waals surface area contributed by atoms with Crippen molar-refractivity contribution < 1.29 is 4.79 Å². The van der Waals surface area contributed by atoms with Gasteiger partial charge in [0.25, 0.3) is 5.91 Å². The number of halogens is 2. The molecule has 1 amide bonds. The number of thiazole rings is 1. The van der Waals surface area contributed by atoms with Gasteiger partial charge < -0.3 is 4.90 Å². The largest absolute Gasteiger partial charge is 0.302 e. The number of aryl methyl sites for hydroxylation is 1. The Balaban J connectivity index is 0.00000280. The van der Waals surface area contributed by atoms with Gasteiger partial charge in [-0.15, -0.1) is 12.4 Å². The maximum absolute atomic E-state index is 13.4. The zero-order valence-corrected chi connectivity index (χ0v) is 20.1. The number of hydrogen-bond donors (Lipinski definition) is 0. The first-order valence-corrected chi connectivity index (χ1v) is 11.1. The molecule has 1 heterocycles. The van der Waals surface area contributed by atoms with Gasteiger partial charge in [-0.05, 0) is 72.4 Å². The summed E-state index contributed by atoms with van der Waals surface area (Å²) in [5, 5.41) is 0.771. The van der Waals surface area contributed by atoms with E-state index in [-0.39, 0.29) is 18.3 Å².